The van der Waals surface area contributed by atoms with Crippen LogP contribution >= 0.6 is 0 Å². The van der Waals surface area contributed by atoms with E-state index in [1.165, 1.54) is 0 Å². The molecular weight excluding hydrogens is 142 g/mol. The molecule has 0 radical (unpaired) electrons. The molecule has 0 aliphatic heterocycles. The van der Waals surface area contributed by atoms with Gasteiger partial charge in [-0.25, -0.2) is 0 Å². The molecule has 0 bridgehead atoms. The van der Waals surface area contributed by atoms with E-state index in [-0.39, 0.29) is 5.91 Å². The molecule has 66 valence electrons. The number of rotatable bonds is 6. The molecule has 0 fully saturated rings. The zero-order valence-electron chi connectivity index (χ0n) is 7.30. The third-order valence-electron chi connectivity index (χ3n) is 1.16. The average Bonchev–Trinajstić information content (AvgIpc) is 1.85. The summed E-state index contributed by atoms with van der Waals surface area (Å²) in [5, 5.41) is 0. The number of carbonyl (C=O) groups is 1. The normalized spacial score (nSPS) is 10.5. The van der Waals surface area contributed by atoms with Crippen molar-refractivity contribution < 1.29 is 9.53 Å². The smallest absolute Gasteiger partial charge is 0.217 e. The summed E-state index contributed by atoms with van der Waals surface area (Å²) >= 11 is 0. The second-order valence-electron chi connectivity index (χ2n) is 3.04. The van der Waals surface area contributed by atoms with Crippen molar-refractivity contribution in [1.29, 1.82) is 0 Å². The van der Waals surface area contributed by atoms with E-state index in [1.54, 1.807) is 0 Å². The molecule has 0 aromatic rings. The molecule has 3 heteroatoms. The Kier molecular flexibility index (Phi) is 5.84. The highest BCUT2D eigenvalue weighted by molar-refractivity contribution is 5.73. The maximum atomic E-state index is 10.3. The lowest BCUT2D eigenvalue weighted by molar-refractivity contribution is -0.118. The Balaban J connectivity index is 2.97. The summed E-state index contributed by atoms with van der Waals surface area (Å²) in [7, 11) is 0. The molecule has 0 aromatic heterocycles. The first-order chi connectivity index (χ1) is 5.13. The molecular formula is C8H17NO2. The van der Waals surface area contributed by atoms with E-state index in [9.17, 15) is 4.79 Å². The van der Waals surface area contributed by atoms with Crippen LogP contribution in [0.2, 0.25) is 0 Å². The monoisotopic (exact) mass is 159 g/mol. The minimum Gasteiger partial charge on any atom is -0.381 e. The molecule has 11 heavy (non-hydrogen) atoms. The van der Waals surface area contributed by atoms with Gasteiger partial charge in [-0.3, -0.25) is 4.79 Å². The summed E-state index contributed by atoms with van der Waals surface area (Å²) < 4.78 is 5.24. The Hall–Kier alpha value is -0.570. The number of ether oxygens (including phenoxy) is 1. The average molecular weight is 159 g/mol. The molecule has 0 aliphatic rings. The number of nitrogens with two attached hydrogens (primary N) is 1. The lowest BCUT2D eigenvalue weighted by Gasteiger charge is -2.04. The first-order valence-electron chi connectivity index (χ1n) is 3.99. The summed E-state index contributed by atoms with van der Waals surface area (Å²) in [6.07, 6.45) is 1.17. The minimum atomic E-state index is -0.252. The van der Waals surface area contributed by atoms with Crippen LogP contribution in [0.4, 0.5) is 0 Å². The SMILES string of the molecule is CC(C)COCCCC(N)=O. The second kappa shape index (κ2) is 6.16. The van der Waals surface area contributed by atoms with Crippen molar-refractivity contribution in [3.63, 3.8) is 0 Å². The highest BCUT2D eigenvalue weighted by Crippen LogP contribution is 1.94. The van der Waals surface area contributed by atoms with E-state index < -0.39 is 0 Å². The van der Waals surface area contributed by atoms with Crippen molar-refractivity contribution in [2.24, 2.45) is 11.7 Å². The Labute approximate surface area is 67.9 Å². The third kappa shape index (κ3) is 9.43. The molecule has 1 amide bonds. The maximum absolute atomic E-state index is 10.3. The lowest BCUT2D eigenvalue weighted by Crippen LogP contribution is -2.12. The van der Waals surface area contributed by atoms with Gasteiger partial charge in [0.25, 0.3) is 0 Å². The van der Waals surface area contributed by atoms with Crippen molar-refractivity contribution in [2.75, 3.05) is 13.2 Å². The van der Waals surface area contributed by atoms with Crippen molar-refractivity contribution in [3.05, 3.63) is 0 Å². The standard InChI is InChI=1S/C8H17NO2/c1-7(2)6-11-5-3-4-8(9)10/h7H,3-6H2,1-2H3,(H2,9,10). The van der Waals surface area contributed by atoms with Crippen LogP contribution < -0.4 is 5.73 Å². The second-order valence-corrected chi connectivity index (χ2v) is 3.04. The Morgan fingerprint density at radius 2 is 2.18 bits per heavy atom. The predicted octanol–water partition coefficient (Wildman–Crippen LogP) is 0.924. The van der Waals surface area contributed by atoms with Gasteiger partial charge in [0.05, 0.1) is 0 Å². The van der Waals surface area contributed by atoms with Crippen LogP contribution in [0.25, 0.3) is 0 Å². The van der Waals surface area contributed by atoms with E-state index in [1.807, 2.05) is 0 Å². The fraction of sp³-hybridized carbons (Fsp3) is 0.875. The van der Waals surface area contributed by atoms with Gasteiger partial charge in [-0.2, -0.15) is 0 Å². The fourth-order valence-electron chi connectivity index (χ4n) is 0.667. The zero-order chi connectivity index (χ0) is 8.69. The molecule has 2 N–H and O–H groups in total. The van der Waals surface area contributed by atoms with Gasteiger partial charge in [0.15, 0.2) is 0 Å². The first kappa shape index (κ1) is 10.4. The molecule has 0 saturated heterocycles. The fourth-order valence-corrected chi connectivity index (χ4v) is 0.667. The van der Waals surface area contributed by atoms with Crippen molar-refractivity contribution in [1.82, 2.24) is 0 Å². The summed E-state index contributed by atoms with van der Waals surface area (Å²) in [5.41, 5.74) is 4.94. The summed E-state index contributed by atoms with van der Waals surface area (Å²) in [6.45, 7) is 5.59. The number of carbonyl (C=O) groups excluding carboxylic acids is 1. The van der Waals surface area contributed by atoms with E-state index in [4.69, 9.17) is 10.5 Å². The summed E-state index contributed by atoms with van der Waals surface area (Å²) in [5.74, 6) is 0.307. The molecule has 0 saturated carbocycles. The van der Waals surface area contributed by atoms with E-state index in [2.05, 4.69) is 13.8 Å². The van der Waals surface area contributed by atoms with Gasteiger partial charge in [0.2, 0.25) is 5.91 Å². The molecule has 0 atom stereocenters. The van der Waals surface area contributed by atoms with Crippen LogP contribution in [-0.2, 0) is 9.53 Å². The Morgan fingerprint density at radius 1 is 1.55 bits per heavy atom. The van der Waals surface area contributed by atoms with E-state index in [0.29, 0.717) is 18.9 Å². The quantitative estimate of drug-likeness (QED) is 0.586. The van der Waals surface area contributed by atoms with Gasteiger partial charge in [-0.1, -0.05) is 13.8 Å². The van der Waals surface area contributed by atoms with E-state index in [0.717, 1.165) is 13.0 Å². The molecule has 0 spiro atoms. The van der Waals surface area contributed by atoms with Gasteiger partial charge < -0.3 is 10.5 Å². The van der Waals surface area contributed by atoms with Crippen LogP contribution in [0.1, 0.15) is 26.7 Å². The molecule has 0 unspecified atom stereocenters. The molecule has 0 rings (SSSR count). The molecule has 0 heterocycles. The minimum absolute atomic E-state index is 0.252. The molecule has 0 aliphatic carbocycles. The number of hydrogen-bond acceptors (Lipinski definition) is 2. The van der Waals surface area contributed by atoms with Gasteiger partial charge >= 0.3 is 0 Å². The summed E-state index contributed by atoms with van der Waals surface area (Å²) in [4.78, 5) is 10.3. The molecule has 3 nitrogen and oxygen atoms in total. The van der Waals surface area contributed by atoms with Gasteiger partial charge in [-0.05, 0) is 12.3 Å². The number of amides is 1. The highest BCUT2D eigenvalue weighted by atomic mass is 16.5. The third-order valence-corrected chi connectivity index (χ3v) is 1.16. The number of primary amides is 1. The molecule has 0 aromatic carbocycles. The zero-order valence-corrected chi connectivity index (χ0v) is 7.30. The number of hydrogen-bond donors (Lipinski definition) is 1. The van der Waals surface area contributed by atoms with Crippen LogP contribution in [0.15, 0.2) is 0 Å². The largest absolute Gasteiger partial charge is 0.381 e. The van der Waals surface area contributed by atoms with Crippen molar-refractivity contribution >= 4 is 5.91 Å². The van der Waals surface area contributed by atoms with E-state index >= 15 is 0 Å². The van der Waals surface area contributed by atoms with Crippen LogP contribution in [0.3, 0.4) is 0 Å². The Morgan fingerprint density at radius 3 is 2.64 bits per heavy atom. The van der Waals surface area contributed by atoms with Gasteiger partial charge in [0, 0.05) is 19.6 Å². The van der Waals surface area contributed by atoms with Crippen molar-refractivity contribution in [3.8, 4) is 0 Å². The van der Waals surface area contributed by atoms with Crippen LogP contribution in [-0.4, -0.2) is 19.1 Å². The Bertz CT molecular complexity index is 113. The summed E-state index contributed by atoms with van der Waals surface area (Å²) in [6, 6.07) is 0. The van der Waals surface area contributed by atoms with Crippen LogP contribution in [0.5, 0.6) is 0 Å². The van der Waals surface area contributed by atoms with Gasteiger partial charge in [0.1, 0.15) is 0 Å². The predicted molar refractivity (Wildman–Crippen MR) is 44.1 cm³/mol. The van der Waals surface area contributed by atoms with Crippen LogP contribution in [0, 0.1) is 5.92 Å². The highest BCUT2D eigenvalue weighted by Gasteiger charge is 1.95. The lowest BCUT2D eigenvalue weighted by atomic mass is 10.2. The maximum Gasteiger partial charge on any atom is 0.217 e. The van der Waals surface area contributed by atoms with Crippen molar-refractivity contribution in [2.45, 2.75) is 26.7 Å². The van der Waals surface area contributed by atoms with Gasteiger partial charge in [-0.15, -0.1) is 0 Å². The first-order valence-corrected chi connectivity index (χ1v) is 3.99. The topological polar surface area (TPSA) is 52.3 Å².